The Kier molecular flexibility index (Phi) is 3.27. The van der Waals surface area contributed by atoms with E-state index in [-0.39, 0.29) is 5.56 Å². The third-order valence-corrected chi connectivity index (χ3v) is 4.07. The van der Waals surface area contributed by atoms with Crippen LogP contribution in [0.2, 0.25) is 5.15 Å². The first-order valence-corrected chi connectivity index (χ1v) is 7.14. The molecule has 9 heteroatoms. The fourth-order valence-electron chi connectivity index (χ4n) is 1.79. The zero-order chi connectivity index (χ0) is 14.3. The van der Waals surface area contributed by atoms with Gasteiger partial charge >= 0.3 is 0 Å². The van der Waals surface area contributed by atoms with Crippen molar-refractivity contribution in [3.63, 3.8) is 0 Å². The second kappa shape index (κ2) is 4.95. The Labute approximate surface area is 123 Å². The molecule has 0 unspecified atom stereocenters. The van der Waals surface area contributed by atoms with Gasteiger partial charge in [-0.25, -0.2) is 4.98 Å². The van der Waals surface area contributed by atoms with E-state index in [4.69, 9.17) is 11.6 Å². The molecule has 3 heterocycles. The minimum Gasteiger partial charge on any atom is -0.301 e. The molecule has 20 heavy (non-hydrogen) atoms. The van der Waals surface area contributed by atoms with E-state index < -0.39 is 0 Å². The molecule has 0 spiro atoms. The Morgan fingerprint density at radius 2 is 2.20 bits per heavy atom. The fraction of sp³-hybridized carbons (Fsp3) is 0.273. The summed E-state index contributed by atoms with van der Waals surface area (Å²) in [4.78, 5) is 19.0. The third-order valence-electron chi connectivity index (χ3n) is 2.81. The lowest BCUT2D eigenvalue weighted by atomic mass is 10.4. The highest BCUT2D eigenvalue weighted by atomic mass is 35.5. The van der Waals surface area contributed by atoms with Crippen LogP contribution >= 0.6 is 23.4 Å². The lowest BCUT2D eigenvalue weighted by Gasteiger charge is -1.99. The van der Waals surface area contributed by atoms with E-state index in [0.29, 0.717) is 27.1 Å². The average Bonchev–Trinajstić information content (AvgIpc) is 2.92. The number of thioether (sulfide) groups is 1. The molecule has 3 aromatic rings. The van der Waals surface area contributed by atoms with Crippen LogP contribution < -0.4 is 5.56 Å². The quantitative estimate of drug-likeness (QED) is 0.583. The van der Waals surface area contributed by atoms with Crippen LogP contribution in [0.3, 0.4) is 0 Å². The number of halogens is 1. The van der Waals surface area contributed by atoms with Crippen LogP contribution in [0, 0.1) is 0 Å². The van der Waals surface area contributed by atoms with Crippen molar-refractivity contribution in [1.82, 2.24) is 29.5 Å². The van der Waals surface area contributed by atoms with E-state index >= 15 is 0 Å². The molecule has 0 amide bonds. The highest BCUT2D eigenvalue weighted by Gasteiger charge is 2.09. The van der Waals surface area contributed by atoms with Crippen LogP contribution in [-0.2, 0) is 19.8 Å². The average molecular weight is 311 g/mol. The molecule has 0 aliphatic heterocycles. The van der Waals surface area contributed by atoms with Gasteiger partial charge in [0.05, 0.1) is 11.9 Å². The fourth-order valence-corrected chi connectivity index (χ4v) is 2.70. The van der Waals surface area contributed by atoms with Crippen LogP contribution in [0.4, 0.5) is 0 Å². The lowest BCUT2D eigenvalue weighted by molar-refractivity contribution is 0.755. The van der Waals surface area contributed by atoms with Gasteiger partial charge in [0.2, 0.25) is 0 Å². The number of H-pyrrole nitrogens is 1. The zero-order valence-corrected chi connectivity index (χ0v) is 12.4. The van der Waals surface area contributed by atoms with Crippen LogP contribution in [0.5, 0.6) is 0 Å². The van der Waals surface area contributed by atoms with Crippen molar-refractivity contribution in [2.75, 3.05) is 0 Å². The van der Waals surface area contributed by atoms with Gasteiger partial charge in [-0.05, 0) is 6.07 Å². The molecule has 0 aliphatic rings. The number of aromatic nitrogens is 6. The summed E-state index contributed by atoms with van der Waals surface area (Å²) in [6.45, 7) is 0. The number of aromatic amines is 1. The SMILES string of the molecule is Cn1nc(CSc2nc3c(cnn3C)c(=O)[nH]2)cc1Cl. The first-order chi connectivity index (χ1) is 9.54. The van der Waals surface area contributed by atoms with E-state index in [1.54, 1.807) is 29.5 Å². The molecule has 0 atom stereocenters. The summed E-state index contributed by atoms with van der Waals surface area (Å²) in [5, 5.41) is 9.86. The Morgan fingerprint density at radius 3 is 2.90 bits per heavy atom. The topological polar surface area (TPSA) is 81.4 Å². The number of hydrogen-bond acceptors (Lipinski definition) is 5. The van der Waals surface area contributed by atoms with Crippen LogP contribution in [0.25, 0.3) is 11.0 Å². The van der Waals surface area contributed by atoms with Crippen molar-refractivity contribution >= 4 is 34.4 Å². The van der Waals surface area contributed by atoms with Gasteiger partial charge < -0.3 is 4.98 Å². The first kappa shape index (κ1) is 13.2. The predicted molar refractivity (Wildman–Crippen MR) is 76.9 cm³/mol. The van der Waals surface area contributed by atoms with Crippen LogP contribution in [0.15, 0.2) is 22.2 Å². The minimum absolute atomic E-state index is 0.190. The molecule has 0 saturated heterocycles. The van der Waals surface area contributed by atoms with Crippen molar-refractivity contribution in [3.8, 4) is 0 Å². The number of fused-ring (bicyclic) bond motifs is 1. The molecule has 104 valence electrons. The minimum atomic E-state index is -0.190. The number of rotatable bonds is 3. The molecular weight excluding hydrogens is 300 g/mol. The summed E-state index contributed by atoms with van der Waals surface area (Å²) in [6, 6.07) is 1.79. The Morgan fingerprint density at radius 1 is 1.40 bits per heavy atom. The third kappa shape index (κ3) is 2.32. The van der Waals surface area contributed by atoms with E-state index in [1.807, 2.05) is 0 Å². The number of nitrogens with one attached hydrogen (secondary N) is 1. The molecule has 0 aliphatic carbocycles. The maximum atomic E-state index is 11.9. The molecule has 3 rings (SSSR count). The summed E-state index contributed by atoms with van der Waals surface area (Å²) in [6.07, 6.45) is 1.51. The highest BCUT2D eigenvalue weighted by molar-refractivity contribution is 7.98. The van der Waals surface area contributed by atoms with E-state index in [2.05, 4.69) is 20.2 Å². The molecular formula is C11H11ClN6OS. The van der Waals surface area contributed by atoms with Crippen molar-refractivity contribution in [2.24, 2.45) is 14.1 Å². The van der Waals surface area contributed by atoms with E-state index in [9.17, 15) is 4.79 Å². The number of aryl methyl sites for hydroxylation is 2. The first-order valence-electron chi connectivity index (χ1n) is 5.78. The summed E-state index contributed by atoms with van der Waals surface area (Å²) < 4.78 is 3.17. The Bertz CT molecular complexity index is 816. The van der Waals surface area contributed by atoms with Crippen LogP contribution in [0.1, 0.15) is 5.69 Å². The van der Waals surface area contributed by atoms with Crippen molar-refractivity contribution in [2.45, 2.75) is 10.9 Å². The molecule has 0 fully saturated rings. The van der Waals surface area contributed by atoms with Gasteiger partial charge in [0.25, 0.3) is 5.56 Å². The van der Waals surface area contributed by atoms with Gasteiger partial charge in [-0.1, -0.05) is 23.4 Å². The van der Waals surface area contributed by atoms with Gasteiger partial charge in [-0.15, -0.1) is 0 Å². The Balaban J connectivity index is 1.87. The molecule has 3 aromatic heterocycles. The van der Waals surface area contributed by atoms with Gasteiger partial charge in [-0.2, -0.15) is 10.2 Å². The monoisotopic (exact) mass is 310 g/mol. The van der Waals surface area contributed by atoms with Gasteiger partial charge in [0.1, 0.15) is 10.5 Å². The summed E-state index contributed by atoms with van der Waals surface area (Å²) >= 11 is 7.32. The summed E-state index contributed by atoms with van der Waals surface area (Å²) in [5.74, 6) is 0.576. The second-order valence-electron chi connectivity index (χ2n) is 4.25. The molecule has 0 aromatic carbocycles. The summed E-state index contributed by atoms with van der Waals surface area (Å²) in [7, 11) is 3.53. The number of nitrogens with zero attached hydrogens (tertiary/aromatic N) is 5. The molecule has 1 N–H and O–H groups in total. The molecule has 7 nitrogen and oxygen atoms in total. The zero-order valence-electron chi connectivity index (χ0n) is 10.8. The Hall–Kier alpha value is -1.80. The normalized spacial score (nSPS) is 11.3. The smallest absolute Gasteiger partial charge is 0.262 e. The van der Waals surface area contributed by atoms with Gasteiger partial charge in [0.15, 0.2) is 10.8 Å². The van der Waals surface area contributed by atoms with Gasteiger partial charge in [-0.3, -0.25) is 14.2 Å². The second-order valence-corrected chi connectivity index (χ2v) is 5.60. The maximum absolute atomic E-state index is 11.9. The van der Waals surface area contributed by atoms with Crippen molar-refractivity contribution < 1.29 is 0 Å². The predicted octanol–water partition coefficient (Wildman–Crippen LogP) is 1.34. The van der Waals surface area contributed by atoms with Crippen molar-refractivity contribution in [3.05, 3.63) is 33.5 Å². The number of hydrogen-bond donors (Lipinski definition) is 1. The summed E-state index contributed by atoms with van der Waals surface area (Å²) in [5.41, 5.74) is 1.20. The maximum Gasteiger partial charge on any atom is 0.262 e. The standard InChI is InChI=1S/C11H11ClN6OS/c1-17-8(12)3-6(16-17)5-20-11-14-9-7(10(19)15-11)4-13-18(9)2/h3-4H,5H2,1-2H3,(H,14,15,19). The highest BCUT2D eigenvalue weighted by Crippen LogP contribution is 2.20. The van der Waals surface area contributed by atoms with Crippen molar-refractivity contribution in [1.29, 1.82) is 0 Å². The molecule has 0 bridgehead atoms. The molecule has 0 saturated carbocycles. The largest absolute Gasteiger partial charge is 0.301 e. The van der Waals surface area contributed by atoms with Crippen LogP contribution in [-0.4, -0.2) is 29.5 Å². The molecule has 0 radical (unpaired) electrons. The van der Waals surface area contributed by atoms with E-state index in [0.717, 1.165) is 5.69 Å². The lowest BCUT2D eigenvalue weighted by Crippen LogP contribution is -2.09. The van der Waals surface area contributed by atoms with E-state index in [1.165, 1.54) is 18.0 Å². The van der Waals surface area contributed by atoms with Gasteiger partial charge in [0, 0.05) is 19.8 Å².